The Morgan fingerprint density at radius 3 is 1.92 bits per heavy atom. The van der Waals surface area contributed by atoms with Crippen molar-refractivity contribution in [3.8, 4) is 22.3 Å². The molecule has 8 rings (SSSR count). The highest BCUT2D eigenvalue weighted by Crippen LogP contribution is 2.51. The van der Waals surface area contributed by atoms with E-state index in [-0.39, 0.29) is 16.2 Å². The summed E-state index contributed by atoms with van der Waals surface area (Å²) in [6.07, 6.45) is 0. The molecule has 7 aromatic rings. The van der Waals surface area contributed by atoms with Gasteiger partial charge in [0.05, 0.1) is 0 Å². The fraction of sp³-hybridized carbons (Fsp3) is 0.234. The van der Waals surface area contributed by atoms with Crippen molar-refractivity contribution < 1.29 is 4.42 Å². The smallest absolute Gasteiger partial charge is 0.139 e. The van der Waals surface area contributed by atoms with Gasteiger partial charge in [-0.2, -0.15) is 0 Å². The first kappa shape index (κ1) is 31.2. The maximum atomic E-state index is 6.86. The van der Waals surface area contributed by atoms with Crippen molar-refractivity contribution in [1.82, 2.24) is 0 Å². The zero-order valence-electron chi connectivity index (χ0n) is 30.0. The molecule has 2 nitrogen and oxygen atoms in total. The number of nitrogens with zero attached hydrogens (tertiary/aromatic N) is 1. The first-order chi connectivity index (χ1) is 23.3. The molecule has 0 bridgehead atoms. The van der Waals surface area contributed by atoms with Crippen molar-refractivity contribution >= 4 is 39.0 Å². The van der Waals surface area contributed by atoms with E-state index < -0.39 is 0 Å². The SMILES string of the molecule is CC(C)(C)c1cc(C(C)(C)C)c2oc3cc(N(c4cccc(-c5ccccc5)c4)c4ccc5c(c4)C(C)(C)c4ccccc4-5)ccc3c2c1. The molecule has 0 saturated heterocycles. The van der Waals surface area contributed by atoms with Crippen LogP contribution in [-0.4, -0.2) is 0 Å². The molecule has 0 N–H and O–H groups in total. The molecule has 0 aliphatic heterocycles. The lowest BCUT2D eigenvalue weighted by Gasteiger charge is -2.28. The van der Waals surface area contributed by atoms with Crippen molar-refractivity contribution in [2.75, 3.05) is 4.90 Å². The highest BCUT2D eigenvalue weighted by atomic mass is 16.3. The first-order valence-electron chi connectivity index (χ1n) is 17.5. The van der Waals surface area contributed by atoms with Crippen LogP contribution in [0, 0.1) is 0 Å². The van der Waals surface area contributed by atoms with Gasteiger partial charge in [-0.1, -0.05) is 134 Å². The maximum absolute atomic E-state index is 6.86. The van der Waals surface area contributed by atoms with Crippen molar-refractivity contribution in [3.05, 3.63) is 150 Å². The predicted molar refractivity (Wildman–Crippen MR) is 209 cm³/mol. The van der Waals surface area contributed by atoms with Crippen LogP contribution in [0.3, 0.4) is 0 Å². The van der Waals surface area contributed by atoms with Crippen molar-refractivity contribution in [2.24, 2.45) is 0 Å². The molecule has 1 aliphatic carbocycles. The van der Waals surface area contributed by atoms with Crippen LogP contribution in [0.15, 0.2) is 132 Å². The molecule has 0 saturated carbocycles. The molecule has 2 heteroatoms. The zero-order chi connectivity index (χ0) is 34.3. The summed E-state index contributed by atoms with van der Waals surface area (Å²) in [5.74, 6) is 0. The van der Waals surface area contributed by atoms with Gasteiger partial charge in [-0.25, -0.2) is 0 Å². The highest BCUT2D eigenvalue weighted by Gasteiger charge is 2.36. The fourth-order valence-electron chi connectivity index (χ4n) is 7.73. The van der Waals surface area contributed by atoms with Crippen LogP contribution in [0.4, 0.5) is 17.1 Å². The average molecular weight is 640 g/mol. The summed E-state index contributed by atoms with van der Waals surface area (Å²) in [4.78, 5) is 2.39. The second-order valence-corrected chi connectivity index (χ2v) is 16.3. The number of hydrogen-bond donors (Lipinski definition) is 0. The standard InChI is InChI=1S/C47H45NO/c1-45(2,3)32-26-39-38-24-22-35(29-43(38)49-44(39)42(27-32)46(4,5)6)48(33-18-14-17-31(25-33)30-15-10-9-11-16-30)34-21-23-37-36-19-12-13-20-40(36)47(7,8)41(37)28-34/h9-29H,1-8H3. The molecule has 1 aromatic heterocycles. The summed E-state index contributed by atoms with van der Waals surface area (Å²) in [6, 6.07) is 46.8. The number of hydrogen-bond acceptors (Lipinski definition) is 2. The number of anilines is 3. The van der Waals surface area contributed by atoms with Gasteiger partial charge >= 0.3 is 0 Å². The van der Waals surface area contributed by atoms with Crippen molar-refractivity contribution in [3.63, 3.8) is 0 Å². The van der Waals surface area contributed by atoms with Gasteiger partial charge in [0.2, 0.25) is 0 Å². The van der Waals surface area contributed by atoms with Crippen LogP contribution in [-0.2, 0) is 16.2 Å². The Morgan fingerprint density at radius 1 is 0.510 bits per heavy atom. The van der Waals surface area contributed by atoms with E-state index in [1.807, 2.05) is 0 Å². The molecular formula is C47H45NO. The minimum Gasteiger partial charge on any atom is -0.456 e. The summed E-state index contributed by atoms with van der Waals surface area (Å²) in [6.45, 7) is 18.4. The minimum absolute atomic E-state index is 0.0271. The largest absolute Gasteiger partial charge is 0.456 e. The molecule has 1 heterocycles. The Labute approximate surface area is 291 Å². The molecule has 1 aliphatic rings. The normalized spacial score (nSPS) is 13.9. The van der Waals surface area contributed by atoms with Gasteiger partial charge in [-0.3, -0.25) is 0 Å². The summed E-state index contributed by atoms with van der Waals surface area (Å²) in [5, 5.41) is 2.34. The molecule has 244 valence electrons. The topological polar surface area (TPSA) is 16.4 Å². The molecule has 6 aromatic carbocycles. The second-order valence-electron chi connectivity index (χ2n) is 16.3. The van der Waals surface area contributed by atoms with E-state index in [1.54, 1.807) is 0 Å². The zero-order valence-corrected chi connectivity index (χ0v) is 30.0. The van der Waals surface area contributed by atoms with E-state index in [4.69, 9.17) is 4.42 Å². The molecule has 0 atom stereocenters. The summed E-state index contributed by atoms with van der Waals surface area (Å²) < 4.78 is 6.86. The fourth-order valence-corrected chi connectivity index (χ4v) is 7.73. The van der Waals surface area contributed by atoms with Crippen LogP contribution in [0.5, 0.6) is 0 Å². The Balaban J connectivity index is 1.35. The van der Waals surface area contributed by atoms with Crippen LogP contribution >= 0.6 is 0 Å². The number of furan rings is 1. The third-order valence-electron chi connectivity index (χ3n) is 10.5. The van der Waals surface area contributed by atoms with E-state index >= 15 is 0 Å². The molecule has 49 heavy (non-hydrogen) atoms. The number of fused-ring (bicyclic) bond motifs is 6. The van der Waals surface area contributed by atoms with Gasteiger partial charge in [-0.05, 0) is 92.2 Å². The van der Waals surface area contributed by atoms with E-state index in [1.165, 1.54) is 49.9 Å². The van der Waals surface area contributed by atoms with Gasteiger partial charge in [0.25, 0.3) is 0 Å². The number of benzene rings is 6. The average Bonchev–Trinajstić information content (AvgIpc) is 3.56. The van der Waals surface area contributed by atoms with Gasteiger partial charge in [0.1, 0.15) is 11.2 Å². The lowest BCUT2D eigenvalue weighted by Crippen LogP contribution is -2.16. The van der Waals surface area contributed by atoms with Crippen LogP contribution < -0.4 is 4.90 Å². The van der Waals surface area contributed by atoms with Gasteiger partial charge in [0, 0.05) is 44.9 Å². The van der Waals surface area contributed by atoms with Crippen molar-refractivity contribution in [1.29, 1.82) is 0 Å². The molecule has 0 radical (unpaired) electrons. The van der Waals surface area contributed by atoms with E-state index in [2.05, 4.69) is 188 Å². The first-order valence-corrected chi connectivity index (χ1v) is 17.5. The Hall–Kier alpha value is -5.08. The molecule has 0 fully saturated rings. The van der Waals surface area contributed by atoms with Gasteiger partial charge in [0.15, 0.2) is 0 Å². The Bertz CT molecular complexity index is 2380. The molecular weight excluding hydrogens is 595 g/mol. The summed E-state index contributed by atoms with van der Waals surface area (Å²) >= 11 is 0. The van der Waals surface area contributed by atoms with Gasteiger partial charge < -0.3 is 9.32 Å². The maximum Gasteiger partial charge on any atom is 0.139 e. The summed E-state index contributed by atoms with van der Waals surface area (Å²) in [5.41, 5.74) is 15.4. The molecule has 0 spiro atoms. The van der Waals surface area contributed by atoms with E-state index in [0.29, 0.717) is 0 Å². The third-order valence-corrected chi connectivity index (χ3v) is 10.5. The summed E-state index contributed by atoms with van der Waals surface area (Å²) in [7, 11) is 0. The van der Waals surface area contributed by atoms with E-state index in [0.717, 1.165) is 33.6 Å². The molecule has 0 unspecified atom stereocenters. The van der Waals surface area contributed by atoms with Crippen LogP contribution in [0.25, 0.3) is 44.2 Å². The lowest BCUT2D eigenvalue weighted by molar-refractivity contribution is 0.559. The lowest BCUT2D eigenvalue weighted by atomic mass is 9.79. The van der Waals surface area contributed by atoms with Crippen LogP contribution in [0.1, 0.15) is 77.6 Å². The second kappa shape index (κ2) is 11.0. The van der Waals surface area contributed by atoms with Crippen molar-refractivity contribution in [2.45, 2.75) is 71.6 Å². The quantitative estimate of drug-likeness (QED) is 0.191. The minimum atomic E-state index is -0.101. The third kappa shape index (κ3) is 5.17. The monoisotopic (exact) mass is 639 g/mol. The molecule has 0 amide bonds. The Morgan fingerprint density at radius 2 is 1.16 bits per heavy atom. The Kier molecular flexibility index (Phi) is 6.99. The predicted octanol–water partition coefficient (Wildman–Crippen LogP) is 13.6. The van der Waals surface area contributed by atoms with Gasteiger partial charge in [-0.15, -0.1) is 0 Å². The number of rotatable bonds is 4. The van der Waals surface area contributed by atoms with Crippen LogP contribution in [0.2, 0.25) is 0 Å². The highest BCUT2D eigenvalue weighted by molar-refractivity contribution is 6.08. The van der Waals surface area contributed by atoms with E-state index in [9.17, 15) is 0 Å².